The van der Waals surface area contributed by atoms with Crippen LogP contribution in [0.2, 0.25) is 0 Å². The van der Waals surface area contributed by atoms with E-state index in [1.165, 1.54) is 0 Å². The zero-order chi connectivity index (χ0) is 12.1. The Bertz CT molecular complexity index is 460. The summed E-state index contributed by atoms with van der Waals surface area (Å²) in [6.45, 7) is 0. The lowest BCUT2D eigenvalue weighted by molar-refractivity contribution is 0.459. The molecule has 0 saturated heterocycles. The van der Waals surface area contributed by atoms with Gasteiger partial charge >= 0.3 is 7.69 Å². The standard InChI is InChI=1S/C12H13BN2O2/c14-9-3-1-5-11(7-9)16-13-17-12-6-2-4-10(15)8-12/h1-8,13H,14-15H2. The first-order valence-corrected chi connectivity index (χ1v) is 5.21. The third-order valence-corrected chi connectivity index (χ3v) is 2.17. The zero-order valence-electron chi connectivity index (χ0n) is 9.30. The fraction of sp³-hybridized carbons (Fsp3) is 0. The highest BCUT2D eigenvalue weighted by Gasteiger charge is 2.00. The van der Waals surface area contributed by atoms with Crippen LogP contribution in [0.15, 0.2) is 48.5 Å². The van der Waals surface area contributed by atoms with Gasteiger partial charge in [-0.2, -0.15) is 0 Å². The maximum absolute atomic E-state index is 5.62. The van der Waals surface area contributed by atoms with Crippen LogP contribution >= 0.6 is 0 Å². The molecule has 0 aromatic heterocycles. The second-order valence-corrected chi connectivity index (χ2v) is 3.55. The molecule has 0 amide bonds. The molecular weight excluding hydrogens is 215 g/mol. The summed E-state index contributed by atoms with van der Waals surface area (Å²) in [5, 5.41) is 0. The van der Waals surface area contributed by atoms with Gasteiger partial charge < -0.3 is 20.8 Å². The van der Waals surface area contributed by atoms with Crippen LogP contribution in [0.1, 0.15) is 0 Å². The van der Waals surface area contributed by atoms with Gasteiger partial charge in [0.25, 0.3) is 0 Å². The van der Waals surface area contributed by atoms with E-state index >= 15 is 0 Å². The molecule has 2 aromatic rings. The molecule has 0 unspecified atom stereocenters. The van der Waals surface area contributed by atoms with Gasteiger partial charge in [0, 0.05) is 23.5 Å². The van der Waals surface area contributed by atoms with Crippen LogP contribution < -0.4 is 20.8 Å². The van der Waals surface area contributed by atoms with Gasteiger partial charge in [-0.3, -0.25) is 0 Å². The van der Waals surface area contributed by atoms with Crippen LogP contribution in [0.5, 0.6) is 11.5 Å². The molecule has 0 spiro atoms. The number of nitrogens with two attached hydrogens (primary N) is 2. The number of hydrogen-bond acceptors (Lipinski definition) is 4. The van der Waals surface area contributed by atoms with E-state index < -0.39 is 0 Å². The first-order valence-electron chi connectivity index (χ1n) is 5.21. The topological polar surface area (TPSA) is 70.5 Å². The van der Waals surface area contributed by atoms with Crippen molar-refractivity contribution in [3.63, 3.8) is 0 Å². The molecule has 17 heavy (non-hydrogen) atoms. The van der Waals surface area contributed by atoms with Gasteiger partial charge in [0.15, 0.2) is 0 Å². The number of nitrogen functional groups attached to an aromatic ring is 2. The van der Waals surface area contributed by atoms with Gasteiger partial charge in [-0.1, -0.05) is 12.1 Å². The molecule has 0 bridgehead atoms. The smallest absolute Gasteiger partial charge is 0.528 e. The summed E-state index contributed by atoms with van der Waals surface area (Å²) in [5.41, 5.74) is 12.6. The SMILES string of the molecule is Nc1cccc(OBOc2cccc(N)c2)c1. The van der Waals surface area contributed by atoms with E-state index in [1.54, 1.807) is 24.3 Å². The minimum absolute atomic E-state index is 0.118. The quantitative estimate of drug-likeness (QED) is 0.615. The Morgan fingerprint density at radius 3 is 1.65 bits per heavy atom. The van der Waals surface area contributed by atoms with Crippen LogP contribution in [0.4, 0.5) is 11.4 Å². The summed E-state index contributed by atoms with van der Waals surface area (Å²) in [6, 6.07) is 14.4. The second-order valence-electron chi connectivity index (χ2n) is 3.55. The predicted molar refractivity (Wildman–Crippen MR) is 70.1 cm³/mol. The highest BCUT2D eigenvalue weighted by Crippen LogP contribution is 2.16. The van der Waals surface area contributed by atoms with Gasteiger partial charge in [-0.05, 0) is 24.3 Å². The second kappa shape index (κ2) is 5.16. The molecular formula is C12H13BN2O2. The Morgan fingerprint density at radius 2 is 1.24 bits per heavy atom. The number of hydrogen-bond donors (Lipinski definition) is 2. The molecule has 0 fully saturated rings. The fourth-order valence-electron chi connectivity index (χ4n) is 1.37. The summed E-state index contributed by atoms with van der Waals surface area (Å²) in [7, 11) is 0.118. The monoisotopic (exact) mass is 228 g/mol. The summed E-state index contributed by atoms with van der Waals surface area (Å²) >= 11 is 0. The molecule has 0 saturated carbocycles. The van der Waals surface area contributed by atoms with Crippen molar-refractivity contribution in [3.05, 3.63) is 48.5 Å². The third-order valence-electron chi connectivity index (χ3n) is 2.17. The Hall–Kier alpha value is -2.30. The van der Waals surface area contributed by atoms with Crippen LogP contribution in [0.25, 0.3) is 0 Å². The first-order chi connectivity index (χ1) is 8.24. The Balaban J connectivity index is 1.87. The van der Waals surface area contributed by atoms with Gasteiger partial charge in [0.1, 0.15) is 11.5 Å². The molecule has 4 nitrogen and oxygen atoms in total. The van der Waals surface area contributed by atoms with Crippen molar-refractivity contribution >= 4 is 19.1 Å². The lowest BCUT2D eigenvalue weighted by Crippen LogP contribution is -2.11. The van der Waals surface area contributed by atoms with E-state index in [0.29, 0.717) is 22.9 Å². The minimum atomic E-state index is 0.118. The summed E-state index contributed by atoms with van der Waals surface area (Å²) < 4.78 is 10.8. The average Bonchev–Trinajstić information content (AvgIpc) is 2.29. The zero-order valence-corrected chi connectivity index (χ0v) is 9.30. The van der Waals surface area contributed by atoms with Gasteiger partial charge in [0.2, 0.25) is 0 Å². The van der Waals surface area contributed by atoms with Crippen molar-refractivity contribution in [2.24, 2.45) is 0 Å². The fourth-order valence-corrected chi connectivity index (χ4v) is 1.37. The number of rotatable bonds is 4. The van der Waals surface area contributed by atoms with E-state index in [-0.39, 0.29) is 7.69 Å². The molecule has 0 radical (unpaired) electrons. The maximum Gasteiger partial charge on any atom is 0.576 e. The highest BCUT2D eigenvalue weighted by molar-refractivity contribution is 6.20. The predicted octanol–water partition coefficient (Wildman–Crippen LogP) is 1.58. The van der Waals surface area contributed by atoms with E-state index in [0.717, 1.165) is 0 Å². The molecule has 2 aromatic carbocycles. The Kier molecular flexibility index (Phi) is 3.40. The number of anilines is 2. The van der Waals surface area contributed by atoms with Gasteiger partial charge in [0.05, 0.1) is 0 Å². The van der Waals surface area contributed by atoms with Crippen molar-refractivity contribution in [1.82, 2.24) is 0 Å². The third kappa shape index (κ3) is 3.34. The highest BCUT2D eigenvalue weighted by atomic mass is 16.6. The Labute approximate surface area is 100 Å². The number of benzene rings is 2. The summed E-state index contributed by atoms with van der Waals surface area (Å²) in [4.78, 5) is 0. The largest absolute Gasteiger partial charge is 0.576 e. The van der Waals surface area contributed by atoms with Crippen LogP contribution in [-0.4, -0.2) is 7.69 Å². The molecule has 0 heterocycles. The van der Waals surface area contributed by atoms with E-state index in [2.05, 4.69) is 0 Å². The summed E-state index contributed by atoms with van der Waals surface area (Å²) in [5.74, 6) is 1.35. The van der Waals surface area contributed by atoms with Crippen molar-refractivity contribution in [3.8, 4) is 11.5 Å². The molecule has 0 aliphatic rings. The first kappa shape index (κ1) is 11.2. The molecule has 0 aliphatic carbocycles. The van der Waals surface area contributed by atoms with Crippen LogP contribution in [0.3, 0.4) is 0 Å². The minimum Gasteiger partial charge on any atom is -0.528 e. The van der Waals surface area contributed by atoms with Crippen LogP contribution in [-0.2, 0) is 0 Å². The van der Waals surface area contributed by atoms with E-state index in [9.17, 15) is 0 Å². The maximum atomic E-state index is 5.62. The molecule has 2 rings (SSSR count). The van der Waals surface area contributed by atoms with Crippen molar-refractivity contribution in [2.75, 3.05) is 11.5 Å². The molecule has 0 atom stereocenters. The van der Waals surface area contributed by atoms with Gasteiger partial charge in [-0.15, -0.1) is 0 Å². The van der Waals surface area contributed by atoms with E-state index in [1.807, 2.05) is 24.3 Å². The van der Waals surface area contributed by atoms with Crippen molar-refractivity contribution in [2.45, 2.75) is 0 Å². The van der Waals surface area contributed by atoms with Crippen molar-refractivity contribution < 1.29 is 9.31 Å². The Morgan fingerprint density at radius 1 is 0.765 bits per heavy atom. The molecule has 5 heteroatoms. The van der Waals surface area contributed by atoms with Gasteiger partial charge in [-0.25, -0.2) is 0 Å². The normalized spacial score (nSPS) is 9.65. The lowest BCUT2D eigenvalue weighted by Gasteiger charge is -2.08. The van der Waals surface area contributed by atoms with Crippen LogP contribution in [0, 0.1) is 0 Å². The summed E-state index contributed by atoms with van der Waals surface area (Å²) in [6.07, 6.45) is 0. The molecule has 4 N–H and O–H groups in total. The van der Waals surface area contributed by atoms with E-state index in [4.69, 9.17) is 20.8 Å². The average molecular weight is 228 g/mol. The molecule has 86 valence electrons. The van der Waals surface area contributed by atoms with Crippen molar-refractivity contribution in [1.29, 1.82) is 0 Å². The lowest BCUT2D eigenvalue weighted by atomic mass is 10.2. The molecule has 0 aliphatic heterocycles.